The zero-order chi connectivity index (χ0) is 11.8. The highest BCUT2D eigenvalue weighted by Crippen LogP contribution is 1.90. The van der Waals surface area contributed by atoms with Crippen LogP contribution in [0.4, 0.5) is 0 Å². The van der Waals surface area contributed by atoms with E-state index in [-0.39, 0.29) is 12.5 Å². The van der Waals surface area contributed by atoms with Crippen molar-refractivity contribution in [2.45, 2.75) is 6.54 Å². The van der Waals surface area contributed by atoms with E-state index in [2.05, 4.69) is 20.9 Å². The fraction of sp³-hybridized carbons (Fsp3) is 0.667. The Hall–Kier alpha value is -1.47. The minimum atomic E-state index is -0.0489. The van der Waals surface area contributed by atoms with Crippen molar-refractivity contribution in [3.8, 4) is 0 Å². The average Bonchev–Trinajstić information content (AvgIpc) is 2.65. The van der Waals surface area contributed by atoms with Gasteiger partial charge in [0.25, 0.3) is 0 Å². The fourth-order valence-corrected chi connectivity index (χ4v) is 1.13. The van der Waals surface area contributed by atoms with E-state index in [1.54, 1.807) is 18.0 Å². The van der Waals surface area contributed by atoms with Gasteiger partial charge in [-0.05, 0) is 0 Å². The Balaban J connectivity index is 2.11. The van der Waals surface area contributed by atoms with Crippen LogP contribution < -0.4 is 10.6 Å². The smallest absolute Gasteiger partial charge is 0.234 e. The Bertz CT molecular complexity index is 325. The number of nitrogens with one attached hydrogen (secondary N) is 2. The van der Waals surface area contributed by atoms with Crippen molar-refractivity contribution >= 4 is 5.91 Å². The Kier molecular flexibility index (Phi) is 5.44. The van der Waals surface area contributed by atoms with Gasteiger partial charge in [0.2, 0.25) is 5.91 Å². The standard InChI is InChI=1S/C9H17N5O2/c1-14-8(6-12-13-14)5-10-7-9(15)11-3-4-16-2/h6,10H,3-5,7H2,1-2H3,(H,11,15). The molecule has 0 aliphatic rings. The largest absolute Gasteiger partial charge is 0.383 e. The van der Waals surface area contributed by atoms with Gasteiger partial charge < -0.3 is 15.4 Å². The molecule has 90 valence electrons. The van der Waals surface area contributed by atoms with Gasteiger partial charge in [-0.3, -0.25) is 9.48 Å². The lowest BCUT2D eigenvalue weighted by Gasteiger charge is -2.05. The first-order chi connectivity index (χ1) is 7.74. The lowest BCUT2D eigenvalue weighted by atomic mass is 10.4. The summed E-state index contributed by atoms with van der Waals surface area (Å²) in [6, 6.07) is 0. The quantitative estimate of drug-likeness (QED) is 0.564. The zero-order valence-corrected chi connectivity index (χ0v) is 9.56. The summed E-state index contributed by atoms with van der Waals surface area (Å²) in [5.74, 6) is -0.0489. The van der Waals surface area contributed by atoms with E-state index >= 15 is 0 Å². The Morgan fingerprint density at radius 2 is 2.44 bits per heavy atom. The first kappa shape index (κ1) is 12.6. The number of carbonyl (C=O) groups excluding carboxylic acids is 1. The zero-order valence-electron chi connectivity index (χ0n) is 9.56. The van der Waals surface area contributed by atoms with Gasteiger partial charge in [0.15, 0.2) is 0 Å². The van der Waals surface area contributed by atoms with Crippen molar-refractivity contribution in [2.75, 3.05) is 26.8 Å². The molecule has 0 atom stereocenters. The van der Waals surface area contributed by atoms with Gasteiger partial charge in [-0.1, -0.05) is 5.21 Å². The normalized spacial score (nSPS) is 10.4. The number of hydrogen-bond acceptors (Lipinski definition) is 5. The van der Waals surface area contributed by atoms with Gasteiger partial charge in [0.1, 0.15) is 0 Å². The third-order valence-corrected chi connectivity index (χ3v) is 2.03. The van der Waals surface area contributed by atoms with Crippen LogP contribution in [-0.2, 0) is 23.1 Å². The topological polar surface area (TPSA) is 81.1 Å². The number of aromatic nitrogens is 3. The average molecular weight is 227 g/mol. The van der Waals surface area contributed by atoms with E-state index in [0.29, 0.717) is 19.7 Å². The van der Waals surface area contributed by atoms with Crippen LogP contribution in [-0.4, -0.2) is 47.7 Å². The molecule has 0 fully saturated rings. The van der Waals surface area contributed by atoms with E-state index in [1.165, 1.54) is 0 Å². The summed E-state index contributed by atoms with van der Waals surface area (Å²) in [5.41, 5.74) is 0.935. The molecule has 7 nitrogen and oxygen atoms in total. The van der Waals surface area contributed by atoms with Gasteiger partial charge in [0, 0.05) is 27.2 Å². The monoisotopic (exact) mass is 227 g/mol. The molecule has 0 saturated heterocycles. The molecule has 0 aliphatic heterocycles. The van der Waals surface area contributed by atoms with E-state index < -0.39 is 0 Å². The van der Waals surface area contributed by atoms with Crippen LogP contribution in [0.5, 0.6) is 0 Å². The number of carbonyl (C=O) groups is 1. The summed E-state index contributed by atoms with van der Waals surface area (Å²) < 4.78 is 6.48. The van der Waals surface area contributed by atoms with Crippen molar-refractivity contribution in [3.63, 3.8) is 0 Å². The molecule has 0 saturated carbocycles. The molecule has 7 heteroatoms. The molecule has 0 unspecified atom stereocenters. The first-order valence-corrected chi connectivity index (χ1v) is 5.04. The molecular weight excluding hydrogens is 210 g/mol. The molecule has 1 aromatic heterocycles. The van der Waals surface area contributed by atoms with Crippen LogP contribution >= 0.6 is 0 Å². The molecule has 1 heterocycles. The van der Waals surface area contributed by atoms with Crippen LogP contribution in [0.15, 0.2) is 6.20 Å². The molecule has 2 N–H and O–H groups in total. The predicted molar refractivity (Wildman–Crippen MR) is 57.6 cm³/mol. The number of hydrogen-bond donors (Lipinski definition) is 2. The first-order valence-electron chi connectivity index (χ1n) is 5.04. The number of rotatable bonds is 7. The molecular formula is C9H17N5O2. The lowest BCUT2D eigenvalue weighted by Crippen LogP contribution is -2.35. The van der Waals surface area contributed by atoms with E-state index in [9.17, 15) is 4.79 Å². The second-order valence-corrected chi connectivity index (χ2v) is 3.30. The van der Waals surface area contributed by atoms with Crippen LogP contribution in [0.25, 0.3) is 0 Å². The maximum absolute atomic E-state index is 11.3. The minimum Gasteiger partial charge on any atom is -0.383 e. The van der Waals surface area contributed by atoms with Crippen molar-refractivity contribution in [3.05, 3.63) is 11.9 Å². The molecule has 0 bridgehead atoms. The molecule has 0 radical (unpaired) electrons. The summed E-state index contributed by atoms with van der Waals surface area (Å²) in [7, 11) is 3.41. The highest BCUT2D eigenvalue weighted by atomic mass is 16.5. The fourth-order valence-electron chi connectivity index (χ4n) is 1.13. The predicted octanol–water partition coefficient (Wildman–Crippen LogP) is -1.33. The van der Waals surface area contributed by atoms with E-state index in [1.807, 2.05) is 7.05 Å². The molecule has 1 rings (SSSR count). The summed E-state index contributed by atoms with van der Waals surface area (Å²) in [6.45, 7) is 1.90. The summed E-state index contributed by atoms with van der Waals surface area (Å²) in [6.07, 6.45) is 1.66. The van der Waals surface area contributed by atoms with Gasteiger partial charge in [-0.15, -0.1) is 5.10 Å². The Labute approximate surface area is 94.2 Å². The molecule has 1 amide bonds. The highest BCUT2D eigenvalue weighted by molar-refractivity contribution is 5.77. The van der Waals surface area contributed by atoms with Crippen LogP contribution in [0.2, 0.25) is 0 Å². The number of nitrogens with zero attached hydrogens (tertiary/aromatic N) is 3. The SMILES string of the molecule is COCCNC(=O)CNCc1cnnn1C. The summed E-state index contributed by atoms with van der Waals surface area (Å²) >= 11 is 0. The maximum Gasteiger partial charge on any atom is 0.234 e. The molecule has 0 aliphatic carbocycles. The van der Waals surface area contributed by atoms with Gasteiger partial charge in [-0.25, -0.2) is 0 Å². The van der Waals surface area contributed by atoms with Crippen molar-refractivity contribution in [1.82, 2.24) is 25.6 Å². The second kappa shape index (κ2) is 6.91. The third kappa shape index (κ3) is 4.37. The Morgan fingerprint density at radius 1 is 1.62 bits per heavy atom. The number of ether oxygens (including phenoxy) is 1. The summed E-state index contributed by atoms with van der Waals surface area (Å²) in [4.78, 5) is 11.3. The van der Waals surface area contributed by atoms with Crippen LogP contribution in [0.1, 0.15) is 5.69 Å². The molecule has 16 heavy (non-hydrogen) atoms. The molecule has 0 aromatic carbocycles. The van der Waals surface area contributed by atoms with E-state index in [4.69, 9.17) is 4.74 Å². The Morgan fingerprint density at radius 3 is 3.06 bits per heavy atom. The van der Waals surface area contributed by atoms with Crippen molar-refractivity contribution in [2.24, 2.45) is 7.05 Å². The third-order valence-electron chi connectivity index (χ3n) is 2.03. The number of methoxy groups -OCH3 is 1. The molecule has 0 spiro atoms. The highest BCUT2D eigenvalue weighted by Gasteiger charge is 2.02. The van der Waals surface area contributed by atoms with Gasteiger partial charge in [-0.2, -0.15) is 0 Å². The van der Waals surface area contributed by atoms with E-state index in [0.717, 1.165) is 5.69 Å². The maximum atomic E-state index is 11.3. The number of aryl methyl sites for hydroxylation is 1. The van der Waals surface area contributed by atoms with Crippen molar-refractivity contribution in [1.29, 1.82) is 0 Å². The van der Waals surface area contributed by atoms with Crippen molar-refractivity contribution < 1.29 is 9.53 Å². The van der Waals surface area contributed by atoms with Crippen LogP contribution in [0.3, 0.4) is 0 Å². The lowest BCUT2D eigenvalue weighted by molar-refractivity contribution is -0.120. The van der Waals surface area contributed by atoms with Gasteiger partial charge in [0.05, 0.1) is 25.0 Å². The van der Waals surface area contributed by atoms with Crippen LogP contribution in [0, 0.1) is 0 Å². The second-order valence-electron chi connectivity index (χ2n) is 3.30. The van der Waals surface area contributed by atoms with Gasteiger partial charge >= 0.3 is 0 Å². The number of amides is 1. The summed E-state index contributed by atoms with van der Waals surface area (Å²) in [5, 5.41) is 13.2. The molecule has 1 aromatic rings. The minimum absolute atomic E-state index is 0.0489.